The van der Waals surface area contributed by atoms with Crippen molar-refractivity contribution in [3.05, 3.63) is 30.1 Å². The number of pyridine rings is 1. The molecule has 2 aliphatic carbocycles. The molecule has 5 nitrogen and oxygen atoms in total. The molecule has 0 aromatic carbocycles. The van der Waals surface area contributed by atoms with E-state index in [1.807, 2.05) is 0 Å². The maximum atomic E-state index is 12.2. The number of hydrogen-bond donors (Lipinski definition) is 1. The maximum absolute atomic E-state index is 12.2. The second kappa shape index (κ2) is 5.23. The van der Waals surface area contributed by atoms with Crippen molar-refractivity contribution in [2.45, 2.75) is 25.3 Å². The van der Waals surface area contributed by atoms with Crippen molar-refractivity contribution in [3.63, 3.8) is 0 Å². The van der Waals surface area contributed by atoms with E-state index in [1.165, 1.54) is 13.3 Å². The summed E-state index contributed by atoms with van der Waals surface area (Å²) in [6, 6.07) is 3.35. The number of methoxy groups -OCH3 is 1. The van der Waals surface area contributed by atoms with Crippen molar-refractivity contribution in [3.8, 4) is 0 Å². The fourth-order valence-electron chi connectivity index (χ4n) is 3.71. The third kappa shape index (κ3) is 2.17. The molecule has 2 fully saturated rings. The van der Waals surface area contributed by atoms with Crippen molar-refractivity contribution in [1.82, 2.24) is 10.3 Å². The Hall–Kier alpha value is -1.91. The van der Waals surface area contributed by atoms with Crippen LogP contribution in [-0.2, 0) is 9.53 Å². The number of carbonyl (C=O) groups excluding carboxylic acids is 2. The second-order valence-corrected chi connectivity index (χ2v) is 5.62. The number of hydrogen-bond acceptors (Lipinski definition) is 4. The molecule has 5 heteroatoms. The number of amides is 1. The Labute approximate surface area is 117 Å². The zero-order valence-corrected chi connectivity index (χ0v) is 11.4. The highest BCUT2D eigenvalue weighted by Crippen LogP contribution is 2.48. The van der Waals surface area contributed by atoms with E-state index in [2.05, 4.69) is 10.3 Å². The van der Waals surface area contributed by atoms with Gasteiger partial charge < -0.3 is 10.1 Å². The molecule has 4 atom stereocenters. The van der Waals surface area contributed by atoms with E-state index in [-0.39, 0.29) is 23.8 Å². The molecule has 0 spiro atoms. The zero-order valence-electron chi connectivity index (χ0n) is 11.4. The minimum atomic E-state index is -0.200. The Bertz CT molecular complexity index is 517. The van der Waals surface area contributed by atoms with E-state index in [1.54, 1.807) is 18.3 Å². The molecule has 0 aliphatic heterocycles. The van der Waals surface area contributed by atoms with Crippen LogP contribution in [0.5, 0.6) is 0 Å². The molecule has 3 rings (SSSR count). The number of nitrogens with zero attached hydrogens (tertiary/aromatic N) is 1. The summed E-state index contributed by atoms with van der Waals surface area (Å²) in [5.41, 5.74) is 0.527. The lowest BCUT2D eigenvalue weighted by molar-refractivity contribution is -0.148. The first-order chi connectivity index (χ1) is 9.70. The average molecular weight is 274 g/mol. The third-order valence-electron chi connectivity index (χ3n) is 4.61. The van der Waals surface area contributed by atoms with Gasteiger partial charge in [-0.1, -0.05) is 0 Å². The lowest BCUT2D eigenvalue weighted by Crippen LogP contribution is -2.47. The summed E-state index contributed by atoms with van der Waals surface area (Å²) in [4.78, 5) is 28.1. The first-order valence-corrected chi connectivity index (χ1v) is 6.99. The van der Waals surface area contributed by atoms with Gasteiger partial charge >= 0.3 is 5.97 Å². The van der Waals surface area contributed by atoms with Gasteiger partial charge in [0, 0.05) is 18.4 Å². The average Bonchev–Trinajstić information content (AvgIpc) is 3.08. The predicted molar refractivity (Wildman–Crippen MR) is 71.8 cm³/mol. The van der Waals surface area contributed by atoms with Gasteiger partial charge in [0.1, 0.15) is 0 Å². The van der Waals surface area contributed by atoms with E-state index >= 15 is 0 Å². The lowest BCUT2D eigenvalue weighted by atomic mass is 9.84. The Balaban J connectivity index is 1.75. The molecule has 2 aliphatic rings. The standard InChI is InChI=1S/C15H18N2O3/c1-20-15(19)12-9-4-5-10(7-9)13(12)17-14(18)11-3-2-6-16-8-11/h2-3,6,8-10,12-13H,4-5,7H2,1H3,(H,17,18)/t9-,10-,12+,13-/m0/s1. The van der Waals surface area contributed by atoms with Gasteiger partial charge in [-0.05, 0) is 43.2 Å². The van der Waals surface area contributed by atoms with E-state index in [9.17, 15) is 9.59 Å². The summed E-state index contributed by atoms with van der Waals surface area (Å²) in [7, 11) is 1.41. The van der Waals surface area contributed by atoms with Gasteiger partial charge in [0.05, 0.1) is 18.6 Å². The summed E-state index contributed by atoms with van der Waals surface area (Å²) < 4.78 is 4.90. The van der Waals surface area contributed by atoms with E-state index in [4.69, 9.17) is 4.74 Å². The van der Waals surface area contributed by atoms with Crippen LogP contribution < -0.4 is 5.32 Å². The van der Waals surface area contributed by atoms with Gasteiger partial charge in [-0.25, -0.2) is 0 Å². The topological polar surface area (TPSA) is 68.3 Å². The molecule has 1 heterocycles. The molecule has 0 saturated heterocycles. The van der Waals surface area contributed by atoms with Crippen molar-refractivity contribution in [2.75, 3.05) is 7.11 Å². The van der Waals surface area contributed by atoms with Gasteiger partial charge in [0.15, 0.2) is 0 Å². The Kier molecular flexibility index (Phi) is 3.42. The number of fused-ring (bicyclic) bond motifs is 2. The molecule has 20 heavy (non-hydrogen) atoms. The summed E-state index contributed by atoms with van der Waals surface area (Å²) in [5.74, 6) is 0.189. The second-order valence-electron chi connectivity index (χ2n) is 5.62. The van der Waals surface area contributed by atoms with Gasteiger partial charge in [0.25, 0.3) is 5.91 Å². The SMILES string of the molecule is COC(=O)[C@@H]1[C@H]2CC[C@@H](C2)[C@@H]1NC(=O)c1cccnc1. The number of nitrogens with one attached hydrogen (secondary N) is 1. The number of esters is 1. The van der Waals surface area contributed by atoms with Crippen LogP contribution in [0.1, 0.15) is 29.6 Å². The zero-order chi connectivity index (χ0) is 14.1. The monoisotopic (exact) mass is 274 g/mol. The van der Waals surface area contributed by atoms with Gasteiger partial charge in [0.2, 0.25) is 0 Å². The molecule has 2 bridgehead atoms. The van der Waals surface area contributed by atoms with Crippen molar-refractivity contribution in [1.29, 1.82) is 0 Å². The molecule has 106 valence electrons. The van der Waals surface area contributed by atoms with Crippen molar-refractivity contribution < 1.29 is 14.3 Å². The van der Waals surface area contributed by atoms with Crippen LogP contribution >= 0.6 is 0 Å². The highest BCUT2D eigenvalue weighted by molar-refractivity contribution is 5.94. The Morgan fingerprint density at radius 3 is 2.85 bits per heavy atom. The summed E-state index contributed by atoms with van der Waals surface area (Å²) in [5, 5.41) is 3.01. The third-order valence-corrected chi connectivity index (χ3v) is 4.61. The molecule has 0 unspecified atom stereocenters. The molecule has 1 N–H and O–H groups in total. The summed E-state index contributed by atoms with van der Waals surface area (Å²) in [6.07, 6.45) is 6.32. The Morgan fingerprint density at radius 2 is 2.15 bits per heavy atom. The first kappa shape index (κ1) is 13.1. The summed E-state index contributed by atoms with van der Waals surface area (Å²) in [6.45, 7) is 0. The van der Waals surface area contributed by atoms with Crippen LogP contribution in [0.3, 0.4) is 0 Å². The van der Waals surface area contributed by atoms with Crippen LogP contribution in [-0.4, -0.2) is 30.0 Å². The van der Waals surface area contributed by atoms with Crippen LogP contribution in [0.4, 0.5) is 0 Å². The fourth-order valence-corrected chi connectivity index (χ4v) is 3.71. The molecule has 1 amide bonds. The molecule has 0 radical (unpaired) electrons. The van der Waals surface area contributed by atoms with Crippen LogP contribution in [0.15, 0.2) is 24.5 Å². The normalized spacial score (nSPS) is 31.1. The fraction of sp³-hybridized carbons (Fsp3) is 0.533. The number of carbonyl (C=O) groups is 2. The largest absolute Gasteiger partial charge is 0.469 e. The van der Waals surface area contributed by atoms with Crippen LogP contribution in [0.25, 0.3) is 0 Å². The number of aromatic nitrogens is 1. The van der Waals surface area contributed by atoms with E-state index in [0.717, 1.165) is 19.3 Å². The summed E-state index contributed by atoms with van der Waals surface area (Å²) >= 11 is 0. The maximum Gasteiger partial charge on any atom is 0.311 e. The number of rotatable bonds is 3. The minimum absolute atomic E-state index is 0.103. The quantitative estimate of drug-likeness (QED) is 0.846. The molecule has 1 aromatic heterocycles. The smallest absolute Gasteiger partial charge is 0.311 e. The van der Waals surface area contributed by atoms with Gasteiger partial charge in [-0.3, -0.25) is 14.6 Å². The highest BCUT2D eigenvalue weighted by Gasteiger charge is 2.52. The molecule has 2 saturated carbocycles. The molecule has 1 aromatic rings. The van der Waals surface area contributed by atoms with E-state index < -0.39 is 0 Å². The predicted octanol–water partition coefficient (Wildman–Crippen LogP) is 1.40. The van der Waals surface area contributed by atoms with E-state index in [0.29, 0.717) is 17.4 Å². The minimum Gasteiger partial charge on any atom is -0.469 e. The molecular formula is C15H18N2O3. The van der Waals surface area contributed by atoms with Crippen molar-refractivity contribution >= 4 is 11.9 Å². The first-order valence-electron chi connectivity index (χ1n) is 6.99. The van der Waals surface area contributed by atoms with Gasteiger partial charge in [-0.2, -0.15) is 0 Å². The van der Waals surface area contributed by atoms with Gasteiger partial charge in [-0.15, -0.1) is 0 Å². The Morgan fingerprint density at radius 1 is 1.35 bits per heavy atom. The van der Waals surface area contributed by atoms with Crippen LogP contribution in [0.2, 0.25) is 0 Å². The number of ether oxygens (including phenoxy) is 1. The lowest BCUT2D eigenvalue weighted by Gasteiger charge is -2.29. The van der Waals surface area contributed by atoms with Crippen molar-refractivity contribution in [2.24, 2.45) is 17.8 Å². The van der Waals surface area contributed by atoms with Crippen LogP contribution in [0, 0.1) is 17.8 Å². The molecular weight excluding hydrogens is 256 g/mol. The highest BCUT2D eigenvalue weighted by atomic mass is 16.5.